The van der Waals surface area contributed by atoms with Crippen LogP contribution in [0.25, 0.3) is 0 Å². The first-order valence-electron chi connectivity index (χ1n) is 20.7. The number of allylic oxidation sites excluding steroid dienone is 4. The number of carbonyl (C=O) groups excluding carboxylic acids is 1. The molecule has 0 unspecified atom stereocenters. The second kappa shape index (κ2) is 18.1. The molecule has 0 radical (unpaired) electrons. The van der Waals surface area contributed by atoms with Crippen molar-refractivity contribution in [3.05, 3.63) is 23.8 Å². The third-order valence-electron chi connectivity index (χ3n) is 14.3. The van der Waals surface area contributed by atoms with E-state index in [2.05, 4.69) is 66.7 Å². The Kier molecular flexibility index (Phi) is 14.8. The largest absolute Gasteiger partial charge is 0.462 e. The van der Waals surface area contributed by atoms with Gasteiger partial charge in [0.05, 0.1) is 0 Å². The van der Waals surface area contributed by atoms with Crippen molar-refractivity contribution in [1.82, 2.24) is 0 Å². The standard InChI is InChI=1S/C44H76O2/c1-8-9-10-11-12-13-14-15-16-17-18-19-20-21-42(45)46-37-28-30-43(6)36(32-37)24-25-38-40-27-26-39(44(40,7)31-29-41(38)43)35(5)23-22-34(4)33(2)3/h22-23,25,33-37,39-41H,8-21,24,26-32H2,1-7H3/b23-22+/t34-,35-,36+,37-,39+,40-,41-,43-,44+/m0/s1. The van der Waals surface area contributed by atoms with Gasteiger partial charge in [-0.1, -0.05) is 149 Å². The maximum absolute atomic E-state index is 12.8. The van der Waals surface area contributed by atoms with Gasteiger partial charge in [0.1, 0.15) is 6.10 Å². The highest BCUT2D eigenvalue weighted by molar-refractivity contribution is 5.69. The van der Waals surface area contributed by atoms with E-state index in [4.69, 9.17) is 4.74 Å². The summed E-state index contributed by atoms with van der Waals surface area (Å²) < 4.78 is 6.14. The maximum atomic E-state index is 12.8. The molecule has 4 aliphatic carbocycles. The summed E-state index contributed by atoms with van der Waals surface area (Å²) in [6, 6.07) is 0. The van der Waals surface area contributed by atoms with Crippen molar-refractivity contribution in [3.8, 4) is 0 Å². The van der Waals surface area contributed by atoms with E-state index >= 15 is 0 Å². The second-order valence-corrected chi connectivity index (χ2v) is 17.7. The molecule has 46 heavy (non-hydrogen) atoms. The van der Waals surface area contributed by atoms with Gasteiger partial charge in [-0.15, -0.1) is 0 Å². The molecule has 2 nitrogen and oxygen atoms in total. The van der Waals surface area contributed by atoms with Crippen LogP contribution in [0, 0.1) is 52.3 Å². The summed E-state index contributed by atoms with van der Waals surface area (Å²) in [6.07, 6.45) is 36.1. The van der Waals surface area contributed by atoms with Gasteiger partial charge in [0.15, 0.2) is 0 Å². The van der Waals surface area contributed by atoms with Crippen LogP contribution >= 0.6 is 0 Å². The Hall–Kier alpha value is -1.05. The summed E-state index contributed by atoms with van der Waals surface area (Å²) in [5.74, 6) is 5.13. The van der Waals surface area contributed by atoms with Crippen molar-refractivity contribution in [1.29, 1.82) is 0 Å². The lowest BCUT2D eigenvalue weighted by molar-refractivity contribution is -0.155. The van der Waals surface area contributed by atoms with E-state index in [0.29, 0.717) is 35.0 Å². The van der Waals surface area contributed by atoms with Crippen LogP contribution in [-0.2, 0) is 9.53 Å². The van der Waals surface area contributed by atoms with Crippen LogP contribution in [0.3, 0.4) is 0 Å². The lowest BCUT2D eigenvalue weighted by Crippen LogP contribution is -2.50. The molecule has 0 aromatic heterocycles. The van der Waals surface area contributed by atoms with Crippen LogP contribution in [0.15, 0.2) is 23.8 Å². The number of esters is 1. The van der Waals surface area contributed by atoms with Crippen LogP contribution in [0.5, 0.6) is 0 Å². The molecule has 0 saturated heterocycles. The number of fused-ring (bicyclic) bond motifs is 5. The molecule has 3 saturated carbocycles. The molecule has 0 heterocycles. The first kappa shape index (κ1) is 37.8. The molecular weight excluding hydrogens is 560 g/mol. The second-order valence-electron chi connectivity index (χ2n) is 17.7. The van der Waals surface area contributed by atoms with E-state index in [1.54, 1.807) is 0 Å². The third-order valence-corrected chi connectivity index (χ3v) is 14.3. The van der Waals surface area contributed by atoms with Gasteiger partial charge in [0, 0.05) is 6.42 Å². The van der Waals surface area contributed by atoms with Crippen LogP contribution in [0.2, 0.25) is 0 Å². The van der Waals surface area contributed by atoms with Crippen molar-refractivity contribution in [2.24, 2.45) is 52.3 Å². The molecule has 0 N–H and O–H groups in total. The summed E-state index contributed by atoms with van der Waals surface area (Å²) in [7, 11) is 0. The molecule has 4 rings (SSSR count). The van der Waals surface area contributed by atoms with Gasteiger partial charge >= 0.3 is 5.97 Å². The molecule has 0 bridgehead atoms. The molecule has 0 aromatic rings. The molecule has 4 aliphatic rings. The molecule has 0 spiro atoms. The number of rotatable bonds is 19. The van der Waals surface area contributed by atoms with E-state index in [-0.39, 0.29) is 12.1 Å². The Bertz CT molecular complexity index is 976. The quantitative estimate of drug-likeness (QED) is 0.0801. The van der Waals surface area contributed by atoms with Crippen molar-refractivity contribution in [2.75, 3.05) is 0 Å². The Morgan fingerprint density at radius 3 is 2.00 bits per heavy atom. The topological polar surface area (TPSA) is 26.3 Å². The van der Waals surface area contributed by atoms with Crippen molar-refractivity contribution >= 4 is 5.97 Å². The lowest BCUT2D eigenvalue weighted by atomic mass is 9.47. The number of hydrogen-bond donors (Lipinski definition) is 0. The van der Waals surface area contributed by atoms with Crippen molar-refractivity contribution < 1.29 is 9.53 Å². The molecular formula is C44H76O2. The summed E-state index contributed by atoms with van der Waals surface area (Å²) in [4.78, 5) is 12.8. The normalized spacial score (nSPS) is 33.7. The Morgan fingerprint density at radius 2 is 1.37 bits per heavy atom. The SMILES string of the molecule is CCCCCCCCCCCCCCCC(=O)O[C@H]1CC[C@@]2(C)[C@H](CC=C3[C@@H]2CC[C@]2(C)[C@@H]([C@@H](C)/C=C/[C@H](C)C(C)C)CC[C@@H]32)C1. The van der Waals surface area contributed by atoms with Gasteiger partial charge in [-0.3, -0.25) is 4.79 Å². The summed E-state index contributed by atoms with van der Waals surface area (Å²) in [5.41, 5.74) is 2.69. The van der Waals surface area contributed by atoms with Gasteiger partial charge in [-0.2, -0.15) is 0 Å². The Balaban J connectivity index is 1.16. The molecule has 0 amide bonds. The molecule has 2 heteroatoms. The first-order valence-corrected chi connectivity index (χ1v) is 20.7. The number of carbonyl (C=O) groups is 1. The average molecular weight is 637 g/mol. The lowest BCUT2D eigenvalue weighted by Gasteiger charge is -2.58. The first-order chi connectivity index (χ1) is 22.1. The van der Waals surface area contributed by atoms with Gasteiger partial charge in [0.25, 0.3) is 0 Å². The minimum Gasteiger partial charge on any atom is -0.462 e. The Labute approximate surface area is 286 Å². The fraction of sp³-hybridized carbons (Fsp3) is 0.886. The van der Waals surface area contributed by atoms with Gasteiger partial charge < -0.3 is 4.74 Å². The Morgan fingerprint density at radius 1 is 0.783 bits per heavy atom. The van der Waals surface area contributed by atoms with Gasteiger partial charge in [-0.25, -0.2) is 0 Å². The summed E-state index contributed by atoms with van der Waals surface area (Å²) >= 11 is 0. The predicted octanol–water partition coefficient (Wildman–Crippen LogP) is 13.4. The molecule has 9 atom stereocenters. The minimum atomic E-state index is 0.0695. The zero-order chi connectivity index (χ0) is 33.2. The zero-order valence-electron chi connectivity index (χ0n) is 31.7. The molecule has 0 aliphatic heterocycles. The minimum absolute atomic E-state index is 0.0695. The molecule has 3 fully saturated rings. The van der Waals surface area contributed by atoms with Gasteiger partial charge in [0.2, 0.25) is 0 Å². The number of unbranched alkanes of at least 4 members (excludes halogenated alkanes) is 12. The van der Waals surface area contributed by atoms with Gasteiger partial charge in [-0.05, 0) is 110 Å². The highest BCUT2D eigenvalue weighted by atomic mass is 16.5. The average Bonchev–Trinajstić information content (AvgIpc) is 3.39. The molecule has 0 aromatic carbocycles. The highest BCUT2D eigenvalue weighted by Crippen LogP contribution is 2.67. The highest BCUT2D eigenvalue weighted by Gasteiger charge is 2.58. The van der Waals surface area contributed by atoms with E-state index in [9.17, 15) is 4.79 Å². The van der Waals surface area contributed by atoms with E-state index in [1.807, 2.05) is 5.57 Å². The monoisotopic (exact) mass is 637 g/mol. The van der Waals surface area contributed by atoms with E-state index in [0.717, 1.165) is 42.9 Å². The van der Waals surface area contributed by atoms with Crippen molar-refractivity contribution in [3.63, 3.8) is 0 Å². The van der Waals surface area contributed by atoms with E-state index < -0.39 is 0 Å². The summed E-state index contributed by atoms with van der Waals surface area (Å²) in [5, 5.41) is 0. The zero-order valence-corrected chi connectivity index (χ0v) is 31.7. The molecule has 264 valence electrons. The maximum Gasteiger partial charge on any atom is 0.306 e. The smallest absolute Gasteiger partial charge is 0.306 e. The number of hydrogen-bond acceptors (Lipinski definition) is 2. The van der Waals surface area contributed by atoms with Crippen LogP contribution in [0.4, 0.5) is 0 Å². The van der Waals surface area contributed by atoms with Crippen LogP contribution in [0.1, 0.15) is 190 Å². The van der Waals surface area contributed by atoms with Crippen LogP contribution < -0.4 is 0 Å². The van der Waals surface area contributed by atoms with Crippen LogP contribution in [-0.4, -0.2) is 12.1 Å². The van der Waals surface area contributed by atoms with E-state index in [1.165, 1.54) is 116 Å². The fourth-order valence-corrected chi connectivity index (χ4v) is 10.7. The predicted molar refractivity (Wildman–Crippen MR) is 198 cm³/mol. The number of ether oxygens (including phenoxy) is 1. The fourth-order valence-electron chi connectivity index (χ4n) is 10.7. The third kappa shape index (κ3) is 9.55. The summed E-state index contributed by atoms with van der Waals surface area (Å²) in [6.45, 7) is 17.1. The van der Waals surface area contributed by atoms with Crippen molar-refractivity contribution in [2.45, 2.75) is 196 Å².